The van der Waals surface area contributed by atoms with E-state index in [2.05, 4.69) is 159 Å². The Morgan fingerprint density at radius 3 is 1.42 bits per heavy atom. The first-order valence-electron chi connectivity index (χ1n) is 12.6. The first-order valence-corrected chi connectivity index (χ1v) is 15.2. The fourth-order valence-corrected chi connectivity index (χ4v) is 10.00. The first kappa shape index (κ1) is 25.4. The highest BCUT2D eigenvalue weighted by atomic mass is 31.1. The standard InChI is InChI=1S/C33H32NP2/c1-3-34(36(30-21-12-6-13-22-30)31-23-14-7-15-24-31)27(2)32-25-16-26-33(32)35(28-17-8-4-9-18-28)29-19-10-5-11-20-29/h4-27H,3H2,1-2H3/t27-/m0/s1. The first-order chi connectivity index (χ1) is 17.8. The molecule has 1 aliphatic carbocycles. The van der Waals surface area contributed by atoms with E-state index in [0.29, 0.717) is 0 Å². The summed E-state index contributed by atoms with van der Waals surface area (Å²) >= 11 is 0. The molecule has 5 radical (unpaired) electrons. The molecular weight excluding hydrogens is 472 g/mol. The monoisotopic (exact) mass is 504 g/mol. The molecule has 4 aromatic rings. The average molecular weight is 505 g/mol. The molecule has 5 rings (SSSR count). The highest BCUT2D eigenvalue weighted by molar-refractivity contribution is 7.76. The normalized spacial score (nSPS) is 15.7. The third-order valence-corrected chi connectivity index (χ3v) is 11.8. The molecule has 1 fully saturated rings. The van der Waals surface area contributed by atoms with E-state index in [9.17, 15) is 0 Å². The molecule has 1 nitrogen and oxygen atoms in total. The molecule has 179 valence electrons. The summed E-state index contributed by atoms with van der Waals surface area (Å²) in [6.45, 7) is 5.68. The molecule has 0 saturated heterocycles. The van der Waals surface area contributed by atoms with Crippen LogP contribution < -0.4 is 21.2 Å². The molecule has 4 aromatic carbocycles. The fourth-order valence-electron chi connectivity index (χ4n) is 4.90. The summed E-state index contributed by atoms with van der Waals surface area (Å²) in [5.74, 6) is 1.44. The smallest absolute Gasteiger partial charge is 0.0283 e. The molecule has 0 bridgehead atoms. The molecule has 0 aliphatic heterocycles. The second-order valence-electron chi connectivity index (χ2n) is 8.79. The number of hydrogen-bond donors (Lipinski definition) is 0. The Bertz CT molecular complexity index is 1100. The molecular formula is C33H32NP2. The van der Waals surface area contributed by atoms with Crippen molar-refractivity contribution in [3.8, 4) is 0 Å². The molecule has 3 heteroatoms. The van der Waals surface area contributed by atoms with Crippen LogP contribution in [-0.4, -0.2) is 17.3 Å². The van der Waals surface area contributed by atoms with Gasteiger partial charge >= 0.3 is 0 Å². The summed E-state index contributed by atoms with van der Waals surface area (Å²) in [6.07, 6.45) is 6.97. The van der Waals surface area contributed by atoms with Crippen LogP contribution in [0.2, 0.25) is 0 Å². The maximum atomic E-state index is 2.71. The maximum absolute atomic E-state index is 2.71. The van der Waals surface area contributed by atoms with Crippen molar-refractivity contribution in [1.29, 1.82) is 0 Å². The van der Waals surface area contributed by atoms with Gasteiger partial charge in [-0.15, -0.1) is 0 Å². The van der Waals surface area contributed by atoms with Crippen LogP contribution >= 0.6 is 16.0 Å². The van der Waals surface area contributed by atoms with E-state index in [0.717, 1.165) is 6.54 Å². The number of benzene rings is 4. The van der Waals surface area contributed by atoms with E-state index in [1.165, 1.54) is 32.8 Å². The van der Waals surface area contributed by atoms with Crippen molar-refractivity contribution >= 4 is 37.2 Å². The Morgan fingerprint density at radius 2 is 1.00 bits per heavy atom. The predicted octanol–water partition coefficient (Wildman–Crippen LogP) is 6.61. The summed E-state index contributed by atoms with van der Waals surface area (Å²) in [6, 6.07) is 44.4. The van der Waals surface area contributed by atoms with Gasteiger partial charge in [-0.25, -0.2) is 0 Å². The van der Waals surface area contributed by atoms with Crippen molar-refractivity contribution in [3.05, 3.63) is 152 Å². The van der Waals surface area contributed by atoms with E-state index in [-0.39, 0.29) is 6.04 Å². The van der Waals surface area contributed by atoms with Crippen LogP contribution in [0.25, 0.3) is 0 Å². The Hall–Kier alpha value is -2.30. The Balaban J connectivity index is 1.52. The van der Waals surface area contributed by atoms with Crippen molar-refractivity contribution in [2.24, 2.45) is 0 Å². The van der Waals surface area contributed by atoms with Crippen LogP contribution in [0.4, 0.5) is 0 Å². The minimum Gasteiger partial charge on any atom is -0.272 e. The summed E-state index contributed by atoms with van der Waals surface area (Å²) in [7, 11) is -1.30. The van der Waals surface area contributed by atoms with E-state index < -0.39 is 16.0 Å². The Morgan fingerprint density at radius 1 is 0.583 bits per heavy atom. The number of rotatable bonds is 9. The molecule has 0 aromatic heterocycles. The van der Waals surface area contributed by atoms with Crippen LogP contribution in [-0.2, 0) is 0 Å². The van der Waals surface area contributed by atoms with Crippen LogP contribution in [0.15, 0.2) is 121 Å². The van der Waals surface area contributed by atoms with E-state index >= 15 is 0 Å². The van der Waals surface area contributed by atoms with Crippen molar-refractivity contribution in [3.63, 3.8) is 0 Å². The van der Waals surface area contributed by atoms with Gasteiger partial charge in [0.15, 0.2) is 0 Å². The molecule has 0 amide bonds. The highest BCUT2D eigenvalue weighted by Gasteiger charge is 2.42. The van der Waals surface area contributed by atoms with Crippen molar-refractivity contribution in [1.82, 2.24) is 4.67 Å². The van der Waals surface area contributed by atoms with E-state index in [1.807, 2.05) is 0 Å². The predicted molar refractivity (Wildman–Crippen MR) is 159 cm³/mol. The summed E-state index contributed by atoms with van der Waals surface area (Å²) in [5.41, 5.74) is 1.46. The van der Waals surface area contributed by atoms with E-state index in [4.69, 9.17) is 0 Å². The Kier molecular flexibility index (Phi) is 8.66. The summed E-state index contributed by atoms with van der Waals surface area (Å²) < 4.78 is 2.71. The zero-order chi connectivity index (χ0) is 24.7. The van der Waals surface area contributed by atoms with Crippen molar-refractivity contribution < 1.29 is 0 Å². The number of nitrogens with zero attached hydrogens (tertiary/aromatic N) is 1. The van der Waals surface area contributed by atoms with Gasteiger partial charge in [-0.1, -0.05) is 128 Å². The summed E-state index contributed by atoms with van der Waals surface area (Å²) in [5, 5.41) is 5.59. The average Bonchev–Trinajstić information content (AvgIpc) is 3.43. The minimum absolute atomic E-state index is 0.281. The van der Waals surface area contributed by atoms with Gasteiger partial charge in [0, 0.05) is 32.2 Å². The van der Waals surface area contributed by atoms with Crippen LogP contribution in [0.5, 0.6) is 0 Å². The van der Waals surface area contributed by atoms with Crippen LogP contribution in [0, 0.1) is 30.8 Å². The molecule has 1 saturated carbocycles. The van der Waals surface area contributed by atoms with Gasteiger partial charge in [-0.3, -0.25) is 4.67 Å². The highest BCUT2D eigenvalue weighted by Crippen LogP contribution is 2.58. The van der Waals surface area contributed by atoms with Gasteiger partial charge in [0.05, 0.1) is 0 Å². The number of hydrogen-bond acceptors (Lipinski definition) is 1. The summed E-state index contributed by atoms with van der Waals surface area (Å²) in [4.78, 5) is 0. The largest absolute Gasteiger partial charge is 0.272 e. The van der Waals surface area contributed by atoms with Gasteiger partial charge in [-0.2, -0.15) is 0 Å². The lowest BCUT2D eigenvalue weighted by Gasteiger charge is -2.41. The molecule has 0 unspecified atom stereocenters. The molecule has 1 aliphatic rings. The topological polar surface area (TPSA) is 3.24 Å². The molecule has 0 spiro atoms. The Labute approximate surface area is 220 Å². The van der Waals surface area contributed by atoms with Crippen LogP contribution in [0.3, 0.4) is 0 Å². The van der Waals surface area contributed by atoms with Crippen molar-refractivity contribution in [2.45, 2.75) is 19.9 Å². The quantitative estimate of drug-likeness (QED) is 0.232. The third kappa shape index (κ3) is 5.50. The van der Waals surface area contributed by atoms with E-state index in [1.54, 1.807) is 0 Å². The SMILES string of the molecule is CCN([C@@H](C)[C]1[CH][CH][CH][C]1P(c1ccccc1)c1ccccc1)P(c1ccccc1)c1ccccc1. The van der Waals surface area contributed by atoms with Gasteiger partial charge < -0.3 is 0 Å². The molecule has 36 heavy (non-hydrogen) atoms. The van der Waals surface area contributed by atoms with Gasteiger partial charge in [-0.05, 0) is 55.3 Å². The lowest BCUT2D eigenvalue weighted by atomic mass is 9.99. The second kappa shape index (κ2) is 12.3. The molecule has 0 heterocycles. The fraction of sp³-hybridized carbons (Fsp3) is 0.121. The lowest BCUT2D eigenvalue weighted by molar-refractivity contribution is 0.403. The lowest BCUT2D eigenvalue weighted by Crippen LogP contribution is -2.40. The zero-order valence-corrected chi connectivity index (χ0v) is 22.7. The van der Waals surface area contributed by atoms with Crippen LogP contribution in [0.1, 0.15) is 13.8 Å². The minimum atomic E-state index is -0.658. The molecule has 0 N–H and O–H groups in total. The van der Waals surface area contributed by atoms with Crippen molar-refractivity contribution in [2.75, 3.05) is 6.54 Å². The zero-order valence-electron chi connectivity index (χ0n) is 20.9. The van der Waals surface area contributed by atoms with Gasteiger partial charge in [0.1, 0.15) is 0 Å². The van der Waals surface area contributed by atoms with Gasteiger partial charge in [0.2, 0.25) is 0 Å². The molecule has 1 atom stereocenters. The van der Waals surface area contributed by atoms with Gasteiger partial charge in [0.25, 0.3) is 0 Å². The maximum Gasteiger partial charge on any atom is 0.0283 e. The third-order valence-electron chi connectivity index (χ3n) is 6.57. The second-order valence-corrected chi connectivity index (χ2v) is 13.1.